The van der Waals surface area contributed by atoms with E-state index >= 15 is 0 Å². The number of nitrogen functional groups attached to an aromatic ring is 1. The fourth-order valence-corrected chi connectivity index (χ4v) is 1.59. The minimum Gasteiger partial charge on any atom is -0.348 e. The Morgan fingerprint density at radius 3 is 2.75 bits per heavy atom. The van der Waals surface area contributed by atoms with Gasteiger partial charge in [-0.15, -0.1) is 5.10 Å². The van der Waals surface area contributed by atoms with Crippen molar-refractivity contribution in [3.63, 3.8) is 0 Å². The number of rotatable bonds is 5. The number of nitrogens with zero attached hydrogens (tertiary/aromatic N) is 4. The molecule has 16 heavy (non-hydrogen) atoms. The molecule has 90 valence electrons. The summed E-state index contributed by atoms with van der Waals surface area (Å²) in [6.45, 7) is 0.879. The molecule has 0 radical (unpaired) electrons. The molecule has 1 amide bonds. The largest absolute Gasteiger partial charge is 0.348 e. The van der Waals surface area contributed by atoms with Crippen molar-refractivity contribution in [3.05, 3.63) is 5.69 Å². The second-order valence-corrected chi connectivity index (χ2v) is 4.41. The van der Waals surface area contributed by atoms with Crippen LogP contribution in [-0.4, -0.2) is 53.0 Å². The van der Waals surface area contributed by atoms with E-state index in [9.17, 15) is 4.79 Å². The smallest absolute Gasteiger partial charge is 0.236 e. The van der Waals surface area contributed by atoms with E-state index in [2.05, 4.69) is 15.0 Å². The predicted molar refractivity (Wildman–Crippen MR) is 62.7 cm³/mol. The van der Waals surface area contributed by atoms with Gasteiger partial charge in [0.1, 0.15) is 10.7 Å². The summed E-state index contributed by atoms with van der Waals surface area (Å²) in [7, 11) is 5.31. The van der Waals surface area contributed by atoms with Crippen LogP contribution in [0.1, 0.15) is 5.69 Å². The summed E-state index contributed by atoms with van der Waals surface area (Å²) >= 11 is 1.20. The molecule has 1 aromatic heterocycles. The standard InChI is InChI=1S/C8H16N6OS/c1-13(2)7(15)5-14(3)4-6-8(10-9)16-12-11-6/h10H,4-5,9H2,1-3H3. The molecule has 0 saturated carbocycles. The third-order valence-electron chi connectivity index (χ3n) is 2.01. The fourth-order valence-electron chi connectivity index (χ4n) is 1.11. The third-order valence-corrected chi connectivity index (χ3v) is 2.71. The summed E-state index contributed by atoms with van der Waals surface area (Å²) in [5.41, 5.74) is 3.28. The Bertz CT molecular complexity index is 352. The minimum atomic E-state index is 0.0490. The monoisotopic (exact) mass is 244 g/mol. The molecule has 0 aromatic carbocycles. The van der Waals surface area contributed by atoms with Gasteiger partial charge in [-0.25, -0.2) is 5.84 Å². The maximum atomic E-state index is 11.4. The van der Waals surface area contributed by atoms with Gasteiger partial charge in [-0.2, -0.15) is 0 Å². The Labute approximate surface area is 98.4 Å². The number of hydrazine groups is 1. The van der Waals surface area contributed by atoms with E-state index in [1.807, 2.05) is 11.9 Å². The van der Waals surface area contributed by atoms with E-state index in [1.54, 1.807) is 19.0 Å². The molecule has 1 rings (SSSR count). The van der Waals surface area contributed by atoms with Crippen molar-refractivity contribution < 1.29 is 4.79 Å². The normalized spacial score (nSPS) is 10.6. The molecular formula is C8H16N6OS. The molecule has 0 aliphatic rings. The average molecular weight is 244 g/mol. The fraction of sp³-hybridized carbons (Fsp3) is 0.625. The van der Waals surface area contributed by atoms with Gasteiger partial charge in [0, 0.05) is 32.2 Å². The van der Waals surface area contributed by atoms with Crippen LogP contribution in [0.2, 0.25) is 0 Å². The molecule has 0 spiro atoms. The van der Waals surface area contributed by atoms with E-state index < -0.39 is 0 Å². The first-order valence-electron chi connectivity index (χ1n) is 4.71. The second kappa shape index (κ2) is 5.73. The summed E-state index contributed by atoms with van der Waals surface area (Å²) in [4.78, 5) is 14.9. The van der Waals surface area contributed by atoms with Gasteiger partial charge >= 0.3 is 0 Å². The van der Waals surface area contributed by atoms with Crippen molar-refractivity contribution in [2.24, 2.45) is 5.84 Å². The number of amides is 1. The molecule has 0 saturated heterocycles. The number of hydrogen-bond acceptors (Lipinski definition) is 7. The highest BCUT2D eigenvalue weighted by atomic mass is 32.1. The van der Waals surface area contributed by atoms with Crippen molar-refractivity contribution in [2.45, 2.75) is 6.54 Å². The van der Waals surface area contributed by atoms with E-state index in [1.165, 1.54) is 11.5 Å². The van der Waals surface area contributed by atoms with Gasteiger partial charge in [-0.3, -0.25) is 9.69 Å². The third kappa shape index (κ3) is 3.40. The molecule has 1 heterocycles. The molecule has 0 aliphatic heterocycles. The summed E-state index contributed by atoms with van der Waals surface area (Å²) in [5, 5.41) is 4.66. The first-order valence-corrected chi connectivity index (χ1v) is 5.48. The summed E-state index contributed by atoms with van der Waals surface area (Å²) in [5.74, 6) is 5.36. The maximum absolute atomic E-state index is 11.4. The highest BCUT2D eigenvalue weighted by Gasteiger charge is 2.13. The average Bonchev–Trinajstić information content (AvgIpc) is 2.64. The molecule has 1 aromatic rings. The second-order valence-electron chi connectivity index (χ2n) is 3.65. The first kappa shape index (κ1) is 12.8. The van der Waals surface area contributed by atoms with Gasteiger partial charge in [-0.05, 0) is 7.05 Å². The van der Waals surface area contributed by atoms with Crippen molar-refractivity contribution >= 4 is 22.4 Å². The van der Waals surface area contributed by atoms with Crippen LogP contribution < -0.4 is 11.3 Å². The van der Waals surface area contributed by atoms with E-state index in [-0.39, 0.29) is 5.91 Å². The molecule has 8 heteroatoms. The van der Waals surface area contributed by atoms with Crippen LogP contribution in [0.25, 0.3) is 0 Å². The van der Waals surface area contributed by atoms with Gasteiger partial charge in [0.2, 0.25) is 5.91 Å². The summed E-state index contributed by atoms with van der Waals surface area (Å²) < 4.78 is 3.79. The molecule has 0 atom stereocenters. The number of aromatic nitrogens is 2. The first-order chi connectivity index (χ1) is 7.54. The lowest BCUT2D eigenvalue weighted by Crippen LogP contribution is -2.34. The zero-order chi connectivity index (χ0) is 12.1. The number of carbonyl (C=O) groups excluding carboxylic acids is 1. The molecule has 0 aliphatic carbocycles. The number of nitrogens with one attached hydrogen (secondary N) is 1. The van der Waals surface area contributed by atoms with Crippen LogP contribution in [0, 0.1) is 0 Å². The van der Waals surface area contributed by atoms with Crippen molar-refractivity contribution in [1.82, 2.24) is 19.4 Å². The highest BCUT2D eigenvalue weighted by Crippen LogP contribution is 2.16. The minimum absolute atomic E-state index is 0.0490. The van der Waals surface area contributed by atoms with Crippen LogP contribution in [-0.2, 0) is 11.3 Å². The molecule has 0 unspecified atom stereocenters. The summed E-state index contributed by atoms with van der Waals surface area (Å²) in [6, 6.07) is 0. The van der Waals surface area contributed by atoms with Crippen LogP contribution in [0.3, 0.4) is 0 Å². The van der Waals surface area contributed by atoms with E-state index in [0.29, 0.717) is 13.1 Å². The lowest BCUT2D eigenvalue weighted by atomic mass is 10.4. The van der Waals surface area contributed by atoms with Gasteiger partial charge in [0.25, 0.3) is 0 Å². The van der Waals surface area contributed by atoms with Gasteiger partial charge < -0.3 is 10.3 Å². The molecule has 7 nitrogen and oxygen atoms in total. The predicted octanol–water partition coefficient (Wildman–Crippen LogP) is -0.656. The van der Waals surface area contributed by atoms with Crippen molar-refractivity contribution in [2.75, 3.05) is 33.1 Å². The molecular weight excluding hydrogens is 228 g/mol. The lowest BCUT2D eigenvalue weighted by molar-refractivity contribution is -0.129. The zero-order valence-electron chi connectivity index (χ0n) is 9.60. The van der Waals surface area contributed by atoms with Crippen molar-refractivity contribution in [1.29, 1.82) is 0 Å². The molecule has 0 fully saturated rings. The van der Waals surface area contributed by atoms with Crippen LogP contribution in [0.5, 0.6) is 0 Å². The zero-order valence-corrected chi connectivity index (χ0v) is 10.4. The topological polar surface area (TPSA) is 87.4 Å². The molecule has 3 N–H and O–H groups in total. The maximum Gasteiger partial charge on any atom is 0.236 e. The van der Waals surface area contributed by atoms with Crippen molar-refractivity contribution in [3.8, 4) is 0 Å². The number of hydrogen-bond donors (Lipinski definition) is 2. The van der Waals surface area contributed by atoms with Crippen LogP contribution in [0.15, 0.2) is 0 Å². The Hall–Kier alpha value is -1.25. The van der Waals surface area contributed by atoms with Crippen LogP contribution >= 0.6 is 11.5 Å². The Balaban J connectivity index is 2.51. The number of nitrogens with two attached hydrogens (primary N) is 1. The quantitative estimate of drug-likeness (QED) is 0.528. The number of carbonyl (C=O) groups is 1. The lowest BCUT2D eigenvalue weighted by Gasteiger charge is -2.18. The SMILES string of the molecule is CN(CC(=O)N(C)C)Cc1nnsc1NN. The van der Waals surface area contributed by atoms with E-state index in [4.69, 9.17) is 5.84 Å². The van der Waals surface area contributed by atoms with Gasteiger partial charge in [0.15, 0.2) is 0 Å². The number of anilines is 1. The van der Waals surface area contributed by atoms with Gasteiger partial charge in [-0.1, -0.05) is 4.49 Å². The summed E-state index contributed by atoms with van der Waals surface area (Å²) in [6.07, 6.45) is 0. The van der Waals surface area contributed by atoms with E-state index in [0.717, 1.165) is 10.7 Å². The van der Waals surface area contributed by atoms with Crippen LogP contribution in [0.4, 0.5) is 5.00 Å². The number of likely N-dealkylation sites (N-methyl/N-ethyl adjacent to an activating group) is 2. The Morgan fingerprint density at radius 1 is 1.50 bits per heavy atom. The Morgan fingerprint density at radius 2 is 2.19 bits per heavy atom. The Kier molecular flexibility index (Phi) is 4.59. The molecule has 0 bridgehead atoms. The van der Waals surface area contributed by atoms with Gasteiger partial charge in [0.05, 0.1) is 6.54 Å². The highest BCUT2D eigenvalue weighted by molar-refractivity contribution is 7.10.